The molecule has 1 rings (SSSR count). The van der Waals surface area contributed by atoms with Crippen LogP contribution in [0.5, 0.6) is 0 Å². The SMILES string of the molecule is CCC(=O)CC(=O)Nc1ccccc1Cl. The van der Waals surface area contributed by atoms with Gasteiger partial charge in [-0.25, -0.2) is 0 Å². The third kappa shape index (κ3) is 3.72. The summed E-state index contributed by atoms with van der Waals surface area (Å²) < 4.78 is 0. The Labute approximate surface area is 93.4 Å². The number of benzene rings is 1. The number of hydrogen-bond acceptors (Lipinski definition) is 2. The van der Waals surface area contributed by atoms with Gasteiger partial charge in [0.05, 0.1) is 17.1 Å². The first-order valence-electron chi connectivity index (χ1n) is 4.69. The molecular weight excluding hydrogens is 214 g/mol. The minimum absolute atomic E-state index is 0.0837. The average Bonchev–Trinajstić information content (AvgIpc) is 2.21. The molecule has 1 N–H and O–H groups in total. The summed E-state index contributed by atoms with van der Waals surface area (Å²) in [4.78, 5) is 22.3. The summed E-state index contributed by atoms with van der Waals surface area (Å²) >= 11 is 5.84. The van der Waals surface area contributed by atoms with Gasteiger partial charge in [0.25, 0.3) is 0 Å². The van der Waals surface area contributed by atoms with E-state index >= 15 is 0 Å². The van der Waals surface area contributed by atoms with Crippen LogP contribution >= 0.6 is 11.6 Å². The largest absolute Gasteiger partial charge is 0.324 e. The molecule has 0 unspecified atom stereocenters. The summed E-state index contributed by atoms with van der Waals surface area (Å²) in [6.45, 7) is 1.73. The Bertz CT molecular complexity index is 377. The summed E-state index contributed by atoms with van der Waals surface area (Å²) in [5.74, 6) is -0.408. The fourth-order valence-corrected chi connectivity index (χ4v) is 1.24. The van der Waals surface area contributed by atoms with E-state index in [4.69, 9.17) is 11.6 Å². The molecule has 0 saturated heterocycles. The highest BCUT2D eigenvalue weighted by atomic mass is 35.5. The van der Waals surface area contributed by atoms with E-state index in [1.54, 1.807) is 31.2 Å². The number of Topliss-reactive ketones (excluding diaryl/α,β-unsaturated/α-hetero) is 1. The van der Waals surface area contributed by atoms with Crippen molar-refractivity contribution < 1.29 is 9.59 Å². The molecule has 0 fully saturated rings. The maximum atomic E-state index is 11.3. The summed E-state index contributed by atoms with van der Waals surface area (Å²) in [5.41, 5.74) is 0.535. The molecular formula is C11H12ClNO2. The minimum Gasteiger partial charge on any atom is -0.324 e. The fraction of sp³-hybridized carbons (Fsp3) is 0.273. The van der Waals surface area contributed by atoms with Gasteiger partial charge in [-0.2, -0.15) is 0 Å². The molecule has 0 aliphatic heterocycles. The molecule has 0 saturated carbocycles. The van der Waals surface area contributed by atoms with E-state index in [9.17, 15) is 9.59 Å². The molecule has 0 aliphatic rings. The van der Waals surface area contributed by atoms with Crippen LogP contribution in [0.2, 0.25) is 5.02 Å². The second-order valence-electron chi connectivity index (χ2n) is 3.10. The molecule has 1 aromatic rings. The Morgan fingerprint density at radius 2 is 2.00 bits per heavy atom. The van der Waals surface area contributed by atoms with E-state index < -0.39 is 0 Å². The van der Waals surface area contributed by atoms with Crippen LogP contribution in [0.4, 0.5) is 5.69 Å². The number of amides is 1. The lowest BCUT2D eigenvalue weighted by atomic mass is 10.2. The van der Waals surface area contributed by atoms with E-state index in [0.29, 0.717) is 17.1 Å². The van der Waals surface area contributed by atoms with Crippen molar-refractivity contribution in [3.63, 3.8) is 0 Å². The van der Waals surface area contributed by atoms with Gasteiger partial charge >= 0.3 is 0 Å². The van der Waals surface area contributed by atoms with Crippen molar-refractivity contribution in [3.05, 3.63) is 29.3 Å². The second kappa shape index (κ2) is 5.51. The van der Waals surface area contributed by atoms with Crippen molar-refractivity contribution in [2.24, 2.45) is 0 Å². The zero-order valence-corrected chi connectivity index (χ0v) is 9.17. The zero-order valence-electron chi connectivity index (χ0n) is 8.42. The number of ketones is 1. The molecule has 0 heterocycles. The van der Waals surface area contributed by atoms with Crippen molar-refractivity contribution in [1.29, 1.82) is 0 Å². The van der Waals surface area contributed by atoms with Crippen molar-refractivity contribution in [1.82, 2.24) is 0 Å². The molecule has 0 bridgehead atoms. The monoisotopic (exact) mass is 225 g/mol. The normalized spacial score (nSPS) is 9.73. The number of carbonyl (C=O) groups excluding carboxylic acids is 2. The first kappa shape index (κ1) is 11.7. The first-order valence-corrected chi connectivity index (χ1v) is 5.07. The lowest BCUT2D eigenvalue weighted by Crippen LogP contribution is -2.16. The third-order valence-electron chi connectivity index (χ3n) is 1.90. The van der Waals surface area contributed by atoms with Crippen LogP contribution in [0.3, 0.4) is 0 Å². The van der Waals surface area contributed by atoms with E-state index in [-0.39, 0.29) is 18.1 Å². The van der Waals surface area contributed by atoms with E-state index in [2.05, 4.69) is 5.32 Å². The van der Waals surface area contributed by atoms with Gasteiger partial charge in [-0.3, -0.25) is 9.59 Å². The molecule has 4 heteroatoms. The number of hydrogen-bond donors (Lipinski definition) is 1. The van der Waals surface area contributed by atoms with Crippen LogP contribution in [-0.2, 0) is 9.59 Å². The number of halogens is 1. The van der Waals surface area contributed by atoms with Gasteiger partial charge in [0.1, 0.15) is 5.78 Å². The van der Waals surface area contributed by atoms with Crippen molar-refractivity contribution >= 4 is 29.0 Å². The fourth-order valence-electron chi connectivity index (χ4n) is 1.06. The van der Waals surface area contributed by atoms with E-state index in [1.165, 1.54) is 0 Å². The topological polar surface area (TPSA) is 46.2 Å². The quantitative estimate of drug-likeness (QED) is 0.801. The molecule has 3 nitrogen and oxygen atoms in total. The van der Waals surface area contributed by atoms with Gasteiger partial charge in [0.15, 0.2) is 0 Å². The van der Waals surface area contributed by atoms with E-state index in [0.717, 1.165) is 0 Å². The van der Waals surface area contributed by atoms with Crippen molar-refractivity contribution in [2.75, 3.05) is 5.32 Å². The number of para-hydroxylation sites is 1. The summed E-state index contributed by atoms with van der Waals surface area (Å²) in [6.07, 6.45) is 0.275. The van der Waals surface area contributed by atoms with Gasteiger partial charge in [-0.1, -0.05) is 30.7 Å². The molecule has 0 aliphatic carbocycles. The Balaban J connectivity index is 2.59. The van der Waals surface area contributed by atoms with Crippen LogP contribution in [0, 0.1) is 0 Å². The molecule has 0 spiro atoms. The highest BCUT2D eigenvalue weighted by Gasteiger charge is 2.08. The predicted octanol–water partition coefficient (Wildman–Crippen LogP) is 2.65. The van der Waals surface area contributed by atoms with Crippen LogP contribution in [0.25, 0.3) is 0 Å². The second-order valence-corrected chi connectivity index (χ2v) is 3.50. The highest BCUT2D eigenvalue weighted by molar-refractivity contribution is 6.33. The molecule has 0 radical (unpaired) electrons. The van der Waals surface area contributed by atoms with Gasteiger partial charge < -0.3 is 5.32 Å². The van der Waals surface area contributed by atoms with Crippen LogP contribution in [-0.4, -0.2) is 11.7 Å². The molecule has 0 aromatic heterocycles. The lowest BCUT2D eigenvalue weighted by Gasteiger charge is -2.05. The summed E-state index contributed by atoms with van der Waals surface area (Å²) in [6, 6.07) is 6.91. The average molecular weight is 226 g/mol. The van der Waals surface area contributed by atoms with Gasteiger partial charge in [-0.05, 0) is 12.1 Å². The number of carbonyl (C=O) groups is 2. The highest BCUT2D eigenvalue weighted by Crippen LogP contribution is 2.20. The smallest absolute Gasteiger partial charge is 0.231 e. The number of anilines is 1. The zero-order chi connectivity index (χ0) is 11.3. The van der Waals surface area contributed by atoms with Crippen molar-refractivity contribution in [2.45, 2.75) is 19.8 Å². The lowest BCUT2D eigenvalue weighted by molar-refractivity contribution is -0.125. The maximum Gasteiger partial charge on any atom is 0.231 e. The number of nitrogens with one attached hydrogen (secondary N) is 1. The third-order valence-corrected chi connectivity index (χ3v) is 2.23. The van der Waals surface area contributed by atoms with Crippen molar-refractivity contribution in [3.8, 4) is 0 Å². The maximum absolute atomic E-state index is 11.3. The molecule has 80 valence electrons. The van der Waals surface area contributed by atoms with Gasteiger partial charge in [0.2, 0.25) is 5.91 Å². The van der Waals surface area contributed by atoms with Crippen LogP contribution in [0.1, 0.15) is 19.8 Å². The Morgan fingerprint density at radius 1 is 1.33 bits per heavy atom. The summed E-state index contributed by atoms with van der Waals surface area (Å²) in [7, 11) is 0. The summed E-state index contributed by atoms with van der Waals surface area (Å²) in [5, 5.41) is 3.05. The molecule has 0 atom stereocenters. The standard InChI is InChI=1S/C11H12ClNO2/c1-2-8(14)7-11(15)13-10-6-4-3-5-9(10)12/h3-6H,2,7H2,1H3,(H,13,15). The first-order chi connectivity index (χ1) is 7.13. The molecule has 1 aromatic carbocycles. The molecule has 1 amide bonds. The Kier molecular flexibility index (Phi) is 4.31. The minimum atomic E-state index is -0.324. The van der Waals surface area contributed by atoms with Gasteiger partial charge in [-0.15, -0.1) is 0 Å². The van der Waals surface area contributed by atoms with E-state index in [1.807, 2.05) is 0 Å². The Morgan fingerprint density at radius 3 is 2.60 bits per heavy atom. The number of rotatable bonds is 4. The Hall–Kier alpha value is -1.35. The van der Waals surface area contributed by atoms with Crippen LogP contribution in [0.15, 0.2) is 24.3 Å². The predicted molar refractivity (Wildman–Crippen MR) is 60.0 cm³/mol. The van der Waals surface area contributed by atoms with Crippen LogP contribution < -0.4 is 5.32 Å². The van der Waals surface area contributed by atoms with Gasteiger partial charge in [0, 0.05) is 6.42 Å². The molecule has 15 heavy (non-hydrogen) atoms.